The van der Waals surface area contributed by atoms with Crippen molar-refractivity contribution in [1.29, 1.82) is 0 Å². The van der Waals surface area contributed by atoms with Gasteiger partial charge in [-0.2, -0.15) is 0 Å². The highest BCUT2D eigenvalue weighted by atomic mass is 32.2. The monoisotopic (exact) mass is 350 g/mol. The van der Waals surface area contributed by atoms with Gasteiger partial charge in [0, 0.05) is 11.1 Å². The average Bonchev–Trinajstić information content (AvgIpc) is 3.05. The molecule has 0 radical (unpaired) electrons. The second kappa shape index (κ2) is 5.31. The number of sulfonamides is 1. The molecule has 0 unspecified atom stereocenters. The van der Waals surface area contributed by atoms with E-state index in [4.69, 9.17) is 0 Å². The van der Waals surface area contributed by atoms with E-state index in [0.717, 1.165) is 10.4 Å². The van der Waals surface area contributed by atoms with Crippen LogP contribution in [-0.4, -0.2) is 23.0 Å². The molecule has 3 heterocycles. The molecule has 0 aliphatic carbocycles. The third-order valence-electron chi connectivity index (χ3n) is 3.38. The summed E-state index contributed by atoms with van der Waals surface area (Å²) < 4.78 is 29.5. The van der Waals surface area contributed by atoms with Gasteiger partial charge in [0.2, 0.25) is 5.95 Å². The standard InChI is InChI=1S/C15H18N4O2S2/c1-10-7-8-19-12(9-10)16-17-14(19)18-23(20,21)13-6-5-11(22-13)15(2,3)4/h5-9H,1-4H3,(H,17,18). The molecule has 0 fully saturated rings. The maximum absolute atomic E-state index is 12.6. The fourth-order valence-electron chi connectivity index (χ4n) is 2.10. The van der Waals surface area contributed by atoms with Crippen LogP contribution in [0.25, 0.3) is 5.65 Å². The lowest BCUT2D eigenvalue weighted by molar-refractivity contribution is 0.602. The number of thiophene rings is 1. The van der Waals surface area contributed by atoms with E-state index in [0.29, 0.717) is 5.65 Å². The minimum Gasteiger partial charge on any atom is -0.268 e. The van der Waals surface area contributed by atoms with Crippen molar-refractivity contribution in [2.24, 2.45) is 0 Å². The van der Waals surface area contributed by atoms with Gasteiger partial charge in [0.15, 0.2) is 5.65 Å². The molecule has 3 rings (SSSR count). The van der Waals surface area contributed by atoms with Crippen molar-refractivity contribution in [2.75, 3.05) is 4.72 Å². The van der Waals surface area contributed by atoms with Gasteiger partial charge in [0.25, 0.3) is 10.0 Å². The Hall–Kier alpha value is -1.93. The Balaban J connectivity index is 1.95. The first kappa shape index (κ1) is 15.9. The molecule has 0 aliphatic heterocycles. The lowest BCUT2D eigenvalue weighted by Crippen LogP contribution is -2.14. The predicted molar refractivity (Wildman–Crippen MR) is 91.6 cm³/mol. The molecule has 0 saturated carbocycles. The van der Waals surface area contributed by atoms with Crippen molar-refractivity contribution in [3.05, 3.63) is 40.9 Å². The van der Waals surface area contributed by atoms with Gasteiger partial charge in [-0.05, 0) is 42.2 Å². The molecule has 0 atom stereocenters. The Bertz CT molecular complexity index is 965. The van der Waals surface area contributed by atoms with Gasteiger partial charge in [-0.25, -0.2) is 13.1 Å². The average molecular weight is 350 g/mol. The molecule has 23 heavy (non-hydrogen) atoms. The van der Waals surface area contributed by atoms with E-state index in [9.17, 15) is 8.42 Å². The fraction of sp³-hybridized carbons (Fsp3) is 0.333. The van der Waals surface area contributed by atoms with Crippen LogP contribution < -0.4 is 4.72 Å². The summed E-state index contributed by atoms with van der Waals surface area (Å²) in [6.45, 7) is 8.10. The minimum absolute atomic E-state index is 0.0858. The van der Waals surface area contributed by atoms with E-state index in [1.807, 2.05) is 25.1 Å². The maximum atomic E-state index is 12.6. The molecular formula is C15H18N4O2S2. The van der Waals surface area contributed by atoms with Crippen LogP contribution in [-0.2, 0) is 15.4 Å². The normalized spacial score (nSPS) is 12.7. The Morgan fingerprint density at radius 1 is 1.17 bits per heavy atom. The molecule has 0 amide bonds. The van der Waals surface area contributed by atoms with Gasteiger partial charge in [-0.1, -0.05) is 20.8 Å². The first-order chi connectivity index (χ1) is 10.7. The van der Waals surface area contributed by atoms with Crippen LogP contribution in [0.1, 0.15) is 31.2 Å². The van der Waals surface area contributed by atoms with E-state index in [2.05, 4.69) is 35.7 Å². The SMILES string of the molecule is Cc1ccn2c(NS(=O)(=O)c3ccc(C(C)(C)C)s3)nnc2c1. The summed E-state index contributed by atoms with van der Waals surface area (Å²) in [5.41, 5.74) is 1.55. The van der Waals surface area contributed by atoms with Gasteiger partial charge >= 0.3 is 0 Å². The van der Waals surface area contributed by atoms with Crippen molar-refractivity contribution in [3.63, 3.8) is 0 Å². The fourth-order valence-corrected chi connectivity index (χ4v) is 4.46. The highest BCUT2D eigenvalue weighted by Crippen LogP contribution is 2.32. The zero-order valence-electron chi connectivity index (χ0n) is 13.4. The number of pyridine rings is 1. The van der Waals surface area contributed by atoms with Crippen molar-refractivity contribution in [2.45, 2.75) is 37.3 Å². The molecule has 0 saturated heterocycles. The van der Waals surface area contributed by atoms with Gasteiger partial charge in [0.05, 0.1) is 0 Å². The molecule has 3 aromatic heterocycles. The van der Waals surface area contributed by atoms with E-state index < -0.39 is 10.0 Å². The lowest BCUT2D eigenvalue weighted by atomic mass is 9.95. The van der Waals surface area contributed by atoms with Crippen molar-refractivity contribution < 1.29 is 8.42 Å². The van der Waals surface area contributed by atoms with Crippen LogP contribution in [0.15, 0.2) is 34.7 Å². The number of fused-ring (bicyclic) bond motifs is 1. The van der Waals surface area contributed by atoms with Gasteiger partial charge in [-0.3, -0.25) is 4.40 Å². The number of hydrogen-bond donors (Lipinski definition) is 1. The Kier molecular flexibility index (Phi) is 3.68. The molecular weight excluding hydrogens is 332 g/mol. The number of anilines is 1. The topological polar surface area (TPSA) is 76.4 Å². The molecule has 0 aliphatic rings. The molecule has 6 nitrogen and oxygen atoms in total. The summed E-state index contributed by atoms with van der Waals surface area (Å²) >= 11 is 1.27. The van der Waals surface area contributed by atoms with E-state index >= 15 is 0 Å². The van der Waals surface area contributed by atoms with Crippen LogP contribution in [0.4, 0.5) is 5.95 Å². The number of aryl methyl sites for hydroxylation is 1. The zero-order chi connectivity index (χ0) is 16.8. The second-order valence-electron chi connectivity index (χ2n) is 6.43. The quantitative estimate of drug-likeness (QED) is 0.787. The smallest absolute Gasteiger partial charge is 0.268 e. The van der Waals surface area contributed by atoms with Crippen molar-refractivity contribution in [3.8, 4) is 0 Å². The molecule has 0 aromatic carbocycles. The number of hydrogen-bond acceptors (Lipinski definition) is 5. The first-order valence-corrected chi connectivity index (χ1v) is 9.41. The van der Waals surface area contributed by atoms with Crippen LogP contribution in [0.5, 0.6) is 0 Å². The summed E-state index contributed by atoms with van der Waals surface area (Å²) in [4.78, 5) is 1.01. The maximum Gasteiger partial charge on any atom is 0.273 e. The highest BCUT2D eigenvalue weighted by Gasteiger charge is 2.23. The van der Waals surface area contributed by atoms with Crippen LogP contribution in [0.2, 0.25) is 0 Å². The summed E-state index contributed by atoms with van der Waals surface area (Å²) in [7, 11) is -3.68. The lowest BCUT2D eigenvalue weighted by Gasteiger charge is -2.15. The molecule has 0 spiro atoms. The summed E-state index contributed by atoms with van der Waals surface area (Å²) in [6.07, 6.45) is 1.75. The van der Waals surface area contributed by atoms with E-state index in [1.54, 1.807) is 16.7 Å². The number of rotatable bonds is 3. The summed E-state index contributed by atoms with van der Waals surface area (Å²) in [5.74, 6) is 0.186. The van der Waals surface area contributed by atoms with Crippen LogP contribution in [0, 0.1) is 6.92 Å². The predicted octanol–water partition coefficient (Wildman–Crippen LogP) is 3.20. The van der Waals surface area contributed by atoms with Crippen molar-refractivity contribution in [1.82, 2.24) is 14.6 Å². The largest absolute Gasteiger partial charge is 0.273 e. The van der Waals surface area contributed by atoms with E-state index in [1.165, 1.54) is 11.3 Å². The van der Waals surface area contributed by atoms with Gasteiger partial charge in [-0.15, -0.1) is 21.5 Å². The Morgan fingerprint density at radius 2 is 1.91 bits per heavy atom. The zero-order valence-corrected chi connectivity index (χ0v) is 15.0. The Morgan fingerprint density at radius 3 is 2.57 bits per heavy atom. The molecule has 8 heteroatoms. The second-order valence-corrected chi connectivity index (χ2v) is 9.42. The van der Waals surface area contributed by atoms with E-state index in [-0.39, 0.29) is 15.6 Å². The molecule has 1 N–H and O–H groups in total. The third-order valence-corrected chi connectivity index (χ3v) is 6.71. The minimum atomic E-state index is -3.68. The Labute approximate surface area is 139 Å². The van der Waals surface area contributed by atoms with Crippen LogP contribution in [0.3, 0.4) is 0 Å². The molecule has 3 aromatic rings. The number of nitrogens with one attached hydrogen (secondary N) is 1. The highest BCUT2D eigenvalue weighted by molar-refractivity contribution is 7.94. The number of aromatic nitrogens is 3. The summed E-state index contributed by atoms with van der Waals surface area (Å²) in [5, 5.41) is 7.92. The molecule has 0 bridgehead atoms. The third kappa shape index (κ3) is 3.09. The molecule has 122 valence electrons. The van der Waals surface area contributed by atoms with Crippen LogP contribution >= 0.6 is 11.3 Å². The van der Waals surface area contributed by atoms with Crippen molar-refractivity contribution >= 4 is 33.0 Å². The first-order valence-electron chi connectivity index (χ1n) is 7.11. The van der Waals surface area contributed by atoms with Gasteiger partial charge in [0.1, 0.15) is 4.21 Å². The summed E-state index contributed by atoms with van der Waals surface area (Å²) in [6, 6.07) is 7.19. The number of nitrogens with zero attached hydrogens (tertiary/aromatic N) is 3. The van der Waals surface area contributed by atoms with Gasteiger partial charge < -0.3 is 0 Å².